The summed E-state index contributed by atoms with van der Waals surface area (Å²) in [4.78, 5) is 23.0. The molecule has 2 aromatic heterocycles. The van der Waals surface area contributed by atoms with Gasteiger partial charge in [0.15, 0.2) is 0 Å². The molecule has 0 aromatic carbocycles. The Morgan fingerprint density at radius 1 is 1.26 bits per heavy atom. The summed E-state index contributed by atoms with van der Waals surface area (Å²) in [6.07, 6.45) is -3.37. The van der Waals surface area contributed by atoms with Crippen molar-refractivity contribution in [1.82, 2.24) is 25.6 Å². The molecule has 2 aromatic rings. The molecule has 144 valence electrons. The molecule has 1 saturated heterocycles. The van der Waals surface area contributed by atoms with Crippen molar-refractivity contribution in [3.05, 3.63) is 41.7 Å². The largest absolute Gasteiger partial charge is 0.451 e. The van der Waals surface area contributed by atoms with E-state index in [4.69, 9.17) is 0 Å². The number of aryl methyl sites for hydroxylation is 1. The highest BCUT2D eigenvalue weighted by Gasteiger charge is 2.34. The van der Waals surface area contributed by atoms with Crippen molar-refractivity contribution in [1.29, 1.82) is 0 Å². The highest BCUT2D eigenvalue weighted by atomic mass is 19.4. The van der Waals surface area contributed by atoms with Crippen LogP contribution in [0.1, 0.15) is 23.6 Å². The molecule has 27 heavy (non-hydrogen) atoms. The average molecular weight is 383 g/mol. The Morgan fingerprint density at radius 2 is 1.96 bits per heavy atom. The second kappa shape index (κ2) is 7.55. The van der Waals surface area contributed by atoms with E-state index < -0.39 is 30.1 Å². The predicted octanol–water partition coefficient (Wildman–Crippen LogP) is 2.18. The Balaban J connectivity index is 1.73. The SMILES string of the molecule is Cc1cc(-c2cnc(C(F)(F)F)nc2)cc(CNC(=O)C2NCCC2F)n1. The zero-order valence-corrected chi connectivity index (χ0v) is 14.3. The van der Waals surface area contributed by atoms with Gasteiger partial charge < -0.3 is 10.6 Å². The number of carbonyl (C=O) groups excluding carboxylic acids is 1. The lowest BCUT2D eigenvalue weighted by Crippen LogP contribution is -2.44. The summed E-state index contributed by atoms with van der Waals surface area (Å²) in [7, 11) is 0. The number of pyridine rings is 1. The number of nitrogens with zero attached hydrogens (tertiary/aromatic N) is 3. The number of alkyl halides is 4. The number of carbonyl (C=O) groups is 1. The van der Waals surface area contributed by atoms with Crippen LogP contribution in [0.4, 0.5) is 17.6 Å². The van der Waals surface area contributed by atoms with Crippen molar-refractivity contribution in [2.45, 2.75) is 38.3 Å². The molecule has 2 unspecified atom stereocenters. The lowest BCUT2D eigenvalue weighted by atomic mass is 10.1. The quantitative estimate of drug-likeness (QED) is 0.792. The Hall–Kier alpha value is -2.62. The van der Waals surface area contributed by atoms with Crippen LogP contribution in [0.3, 0.4) is 0 Å². The summed E-state index contributed by atoms with van der Waals surface area (Å²) in [5.74, 6) is -1.67. The molecule has 6 nitrogen and oxygen atoms in total. The van der Waals surface area contributed by atoms with Gasteiger partial charge in [-0.3, -0.25) is 9.78 Å². The van der Waals surface area contributed by atoms with Crippen LogP contribution in [-0.2, 0) is 17.5 Å². The van der Waals surface area contributed by atoms with Crippen molar-refractivity contribution in [2.24, 2.45) is 0 Å². The lowest BCUT2D eigenvalue weighted by molar-refractivity contribution is -0.145. The molecular formula is C17H17F4N5O. The fraction of sp³-hybridized carbons (Fsp3) is 0.412. The van der Waals surface area contributed by atoms with Gasteiger partial charge in [-0.05, 0) is 37.6 Å². The summed E-state index contributed by atoms with van der Waals surface area (Å²) < 4.78 is 51.3. The van der Waals surface area contributed by atoms with Gasteiger partial charge in [0, 0.05) is 23.7 Å². The molecule has 10 heteroatoms. The monoisotopic (exact) mass is 383 g/mol. The normalized spacial score (nSPS) is 19.9. The number of aromatic nitrogens is 3. The fourth-order valence-corrected chi connectivity index (χ4v) is 2.83. The van der Waals surface area contributed by atoms with E-state index in [0.29, 0.717) is 35.5 Å². The van der Waals surface area contributed by atoms with Gasteiger partial charge in [-0.15, -0.1) is 0 Å². The van der Waals surface area contributed by atoms with Gasteiger partial charge >= 0.3 is 6.18 Å². The van der Waals surface area contributed by atoms with Crippen molar-refractivity contribution < 1.29 is 22.4 Å². The molecule has 2 atom stereocenters. The van der Waals surface area contributed by atoms with Crippen LogP contribution in [-0.4, -0.2) is 39.6 Å². The summed E-state index contributed by atoms with van der Waals surface area (Å²) in [6.45, 7) is 2.23. The van der Waals surface area contributed by atoms with E-state index in [-0.39, 0.29) is 6.54 Å². The molecule has 0 aliphatic carbocycles. The Morgan fingerprint density at radius 3 is 2.56 bits per heavy atom. The number of halogens is 4. The Bertz CT molecular complexity index is 825. The third kappa shape index (κ3) is 4.57. The minimum atomic E-state index is -4.61. The van der Waals surface area contributed by atoms with E-state index in [0.717, 1.165) is 12.4 Å². The molecular weight excluding hydrogens is 366 g/mol. The van der Waals surface area contributed by atoms with Crippen molar-refractivity contribution in [3.63, 3.8) is 0 Å². The molecule has 0 radical (unpaired) electrons. The van der Waals surface area contributed by atoms with Crippen LogP contribution >= 0.6 is 0 Å². The highest BCUT2D eigenvalue weighted by molar-refractivity contribution is 5.82. The van der Waals surface area contributed by atoms with Crippen molar-refractivity contribution >= 4 is 5.91 Å². The molecule has 0 spiro atoms. The molecule has 1 amide bonds. The fourth-order valence-electron chi connectivity index (χ4n) is 2.83. The highest BCUT2D eigenvalue weighted by Crippen LogP contribution is 2.27. The topological polar surface area (TPSA) is 79.8 Å². The second-order valence-corrected chi connectivity index (χ2v) is 6.24. The molecule has 0 bridgehead atoms. The van der Waals surface area contributed by atoms with E-state index in [1.54, 1.807) is 19.1 Å². The molecule has 0 saturated carbocycles. The lowest BCUT2D eigenvalue weighted by Gasteiger charge is -2.14. The zero-order valence-electron chi connectivity index (χ0n) is 14.3. The number of nitrogens with one attached hydrogen (secondary N) is 2. The summed E-state index contributed by atoms with van der Waals surface area (Å²) in [5, 5.41) is 5.41. The number of amides is 1. The van der Waals surface area contributed by atoms with Gasteiger partial charge in [0.2, 0.25) is 11.7 Å². The first kappa shape index (κ1) is 19.2. The van der Waals surface area contributed by atoms with Gasteiger partial charge in [0.05, 0.1) is 12.2 Å². The van der Waals surface area contributed by atoms with E-state index in [1.807, 2.05) is 0 Å². The van der Waals surface area contributed by atoms with Crippen LogP contribution in [0.5, 0.6) is 0 Å². The van der Waals surface area contributed by atoms with Gasteiger partial charge in [0.1, 0.15) is 12.2 Å². The van der Waals surface area contributed by atoms with Crippen LogP contribution in [0.2, 0.25) is 0 Å². The van der Waals surface area contributed by atoms with Gasteiger partial charge in [0.25, 0.3) is 0 Å². The Kier molecular flexibility index (Phi) is 5.36. The molecule has 2 N–H and O–H groups in total. The van der Waals surface area contributed by atoms with E-state index in [9.17, 15) is 22.4 Å². The first-order valence-corrected chi connectivity index (χ1v) is 8.26. The van der Waals surface area contributed by atoms with Gasteiger partial charge in [-0.2, -0.15) is 13.2 Å². The standard InChI is InChI=1S/C17H17F4N5O/c1-9-4-10(11-6-24-16(25-7-11)17(19,20)21)5-12(26-9)8-23-15(27)14-13(18)2-3-22-14/h4-7,13-14,22H,2-3,8H2,1H3,(H,23,27). The third-order valence-corrected chi connectivity index (χ3v) is 4.12. The first-order valence-electron chi connectivity index (χ1n) is 8.26. The third-order valence-electron chi connectivity index (χ3n) is 4.12. The number of hydrogen-bond donors (Lipinski definition) is 2. The van der Waals surface area contributed by atoms with Crippen LogP contribution in [0, 0.1) is 6.92 Å². The maximum atomic E-state index is 13.6. The average Bonchev–Trinajstić information content (AvgIpc) is 3.05. The van der Waals surface area contributed by atoms with E-state index in [2.05, 4.69) is 25.6 Å². The predicted molar refractivity (Wildman–Crippen MR) is 88.2 cm³/mol. The molecule has 3 rings (SSSR count). The van der Waals surface area contributed by atoms with Crippen molar-refractivity contribution in [3.8, 4) is 11.1 Å². The summed E-state index contributed by atoms with van der Waals surface area (Å²) in [5.41, 5.74) is 2.07. The van der Waals surface area contributed by atoms with Gasteiger partial charge in [-0.25, -0.2) is 14.4 Å². The molecule has 1 fully saturated rings. The first-order chi connectivity index (χ1) is 12.7. The number of hydrogen-bond acceptors (Lipinski definition) is 5. The maximum Gasteiger partial charge on any atom is 0.451 e. The maximum absolute atomic E-state index is 13.6. The van der Waals surface area contributed by atoms with Crippen LogP contribution in [0.15, 0.2) is 24.5 Å². The van der Waals surface area contributed by atoms with Gasteiger partial charge in [-0.1, -0.05) is 0 Å². The number of rotatable bonds is 4. The molecule has 1 aliphatic rings. The molecule has 1 aliphatic heterocycles. The van der Waals surface area contributed by atoms with Crippen LogP contribution in [0.25, 0.3) is 11.1 Å². The van der Waals surface area contributed by atoms with E-state index >= 15 is 0 Å². The summed E-state index contributed by atoms with van der Waals surface area (Å²) in [6, 6.07) is 2.42. The molecule has 3 heterocycles. The van der Waals surface area contributed by atoms with E-state index in [1.165, 1.54) is 0 Å². The van der Waals surface area contributed by atoms with Crippen LogP contribution < -0.4 is 10.6 Å². The minimum absolute atomic E-state index is 0.0694. The Labute approximate surface area is 152 Å². The summed E-state index contributed by atoms with van der Waals surface area (Å²) >= 11 is 0. The zero-order chi connectivity index (χ0) is 19.6. The smallest absolute Gasteiger partial charge is 0.349 e. The second-order valence-electron chi connectivity index (χ2n) is 6.24. The van der Waals surface area contributed by atoms with Crippen molar-refractivity contribution in [2.75, 3.05) is 6.54 Å². The minimum Gasteiger partial charge on any atom is -0.349 e.